The first-order valence-corrected chi connectivity index (χ1v) is 8.10. The van der Waals surface area contributed by atoms with E-state index in [4.69, 9.17) is 0 Å². The Bertz CT molecular complexity index is 1140. The van der Waals surface area contributed by atoms with Crippen molar-refractivity contribution in [3.05, 3.63) is 88.8 Å². The number of fused-ring (bicyclic) bond motifs is 2. The maximum absolute atomic E-state index is 13.1. The number of carbonyl (C=O) groups is 2. The summed E-state index contributed by atoms with van der Waals surface area (Å²) in [6.07, 6.45) is 2.92. The molecule has 3 aromatic rings. The van der Waals surface area contributed by atoms with Gasteiger partial charge in [-0.15, -0.1) is 0 Å². The fourth-order valence-corrected chi connectivity index (χ4v) is 3.48. The minimum absolute atomic E-state index is 0.0918. The van der Waals surface area contributed by atoms with Gasteiger partial charge in [-0.25, -0.2) is 5.10 Å². The third-order valence-electron chi connectivity index (χ3n) is 4.60. The molecule has 6 heteroatoms. The molecule has 1 heterocycles. The van der Waals surface area contributed by atoms with E-state index in [0.29, 0.717) is 33.9 Å². The SMILES string of the molecule is O=C1C=C(C2=C(Nc3ncn[nH]3)c3ccccc3C2=O)c2ccccc21. The van der Waals surface area contributed by atoms with Crippen molar-refractivity contribution in [3.8, 4) is 0 Å². The number of benzene rings is 2. The first-order valence-electron chi connectivity index (χ1n) is 8.10. The van der Waals surface area contributed by atoms with Crippen LogP contribution in [0.4, 0.5) is 5.95 Å². The second-order valence-corrected chi connectivity index (χ2v) is 6.05. The van der Waals surface area contributed by atoms with E-state index in [1.165, 1.54) is 12.4 Å². The van der Waals surface area contributed by atoms with Gasteiger partial charge in [0.2, 0.25) is 5.95 Å². The van der Waals surface area contributed by atoms with Crippen molar-refractivity contribution in [1.82, 2.24) is 15.2 Å². The predicted octanol–water partition coefficient (Wildman–Crippen LogP) is 3.10. The number of rotatable bonds is 3. The van der Waals surface area contributed by atoms with Crippen molar-refractivity contribution in [2.75, 3.05) is 5.32 Å². The number of anilines is 1. The van der Waals surface area contributed by atoms with Crippen LogP contribution in [0.1, 0.15) is 31.8 Å². The summed E-state index contributed by atoms with van der Waals surface area (Å²) in [4.78, 5) is 29.6. The normalized spacial score (nSPS) is 15.2. The van der Waals surface area contributed by atoms with Crippen molar-refractivity contribution < 1.29 is 9.59 Å². The van der Waals surface area contributed by atoms with Gasteiger partial charge in [0.25, 0.3) is 0 Å². The average molecular weight is 340 g/mol. The lowest BCUT2D eigenvalue weighted by atomic mass is 9.96. The molecule has 0 unspecified atom stereocenters. The lowest BCUT2D eigenvalue weighted by Crippen LogP contribution is -2.04. The van der Waals surface area contributed by atoms with Crippen LogP contribution in [0.5, 0.6) is 0 Å². The number of Topliss-reactive ketones (excluding diaryl/α,β-unsaturated/α-hetero) is 1. The molecular weight excluding hydrogens is 328 g/mol. The summed E-state index contributed by atoms with van der Waals surface area (Å²) in [7, 11) is 0. The van der Waals surface area contributed by atoms with Gasteiger partial charge in [0, 0.05) is 16.7 Å². The summed E-state index contributed by atoms with van der Waals surface area (Å²) >= 11 is 0. The molecule has 2 aromatic carbocycles. The van der Waals surface area contributed by atoms with Gasteiger partial charge in [-0.3, -0.25) is 9.59 Å². The Morgan fingerprint density at radius 2 is 1.54 bits per heavy atom. The zero-order valence-corrected chi connectivity index (χ0v) is 13.5. The molecule has 0 saturated carbocycles. The Kier molecular flexibility index (Phi) is 2.99. The number of allylic oxidation sites excluding steroid dienone is 3. The molecule has 6 nitrogen and oxygen atoms in total. The van der Waals surface area contributed by atoms with Gasteiger partial charge in [-0.2, -0.15) is 10.1 Å². The highest BCUT2D eigenvalue weighted by molar-refractivity contribution is 6.34. The van der Waals surface area contributed by atoms with Gasteiger partial charge in [0.15, 0.2) is 11.6 Å². The number of carbonyl (C=O) groups excluding carboxylic acids is 2. The summed E-state index contributed by atoms with van der Waals surface area (Å²) in [5.74, 6) is 0.226. The first-order chi connectivity index (χ1) is 12.7. The van der Waals surface area contributed by atoms with Gasteiger partial charge >= 0.3 is 0 Å². The Morgan fingerprint density at radius 3 is 2.27 bits per heavy atom. The van der Waals surface area contributed by atoms with Gasteiger partial charge in [-0.05, 0) is 17.2 Å². The molecule has 0 spiro atoms. The molecule has 0 amide bonds. The molecule has 0 atom stereocenters. The van der Waals surface area contributed by atoms with Crippen LogP contribution in [-0.2, 0) is 0 Å². The summed E-state index contributed by atoms with van der Waals surface area (Å²) in [6, 6.07) is 14.7. The number of hydrogen-bond donors (Lipinski definition) is 2. The van der Waals surface area contributed by atoms with Crippen molar-refractivity contribution in [2.45, 2.75) is 0 Å². The van der Waals surface area contributed by atoms with Crippen LogP contribution in [-0.4, -0.2) is 26.7 Å². The molecule has 1 aromatic heterocycles. The summed E-state index contributed by atoms with van der Waals surface area (Å²) < 4.78 is 0. The van der Waals surface area contributed by atoms with Crippen LogP contribution in [0.25, 0.3) is 11.3 Å². The molecule has 26 heavy (non-hydrogen) atoms. The second-order valence-electron chi connectivity index (χ2n) is 6.05. The van der Waals surface area contributed by atoms with E-state index in [2.05, 4.69) is 20.5 Å². The summed E-state index contributed by atoms with van der Waals surface area (Å²) in [6.45, 7) is 0. The first kappa shape index (κ1) is 14.5. The smallest absolute Gasteiger partial charge is 0.222 e. The van der Waals surface area contributed by atoms with Gasteiger partial charge in [-0.1, -0.05) is 48.5 Å². The number of aromatic nitrogens is 3. The molecule has 2 aliphatic rings. The zero-order valence-electron chi connectivity index (χ0n) is 13.5. The molecule has 5 rings (SSSR count). The maximum Gasteiger partial charge on any atom is 0.222 e. The Hall–Kier alpha value is -3.80. The van der Waals surface area contributed by atoms with E-state index in [1.807, 2.05) is 36.4 Å². The fourth-order valence-electron chi connectivity index (χ4n) is 3.48. The topological polar surface area (TPSA) is 87.7 Å². The fraction of sp³-hybridized carbons (Fsp3) is 0. The van der Waals surface area contributed by atoms with Crippen LogP contribution in [0, 0.1) is 0 Å². The quantitative estimate of drug-likeness (QED) is 0.765. The number of nitrogens with one attached hydrogen (secondary N) is 2. The molecule has 0 aliphatic heterocycles. The Labute approximate surface area is 148 Å². The number of nitrogens with zero attached hydrogens (tertiary/aromatic N) is 2. The van der Waals surface area contributed by atoms with Crippen molar-refractivity contribution in [3.63, 3.8) is 0 Å². The summed E-state index contributed by atoms with van der Waals surface area (Å²) in [5.41, 5.74) is 4.49. The van der Waals surface area contributed by atoms with Gasteiger partial charge < -0.3 is 5.32 Å². The minimum atomic E-state index is -0.113. The van der Waals surface area contributed by atoms with Crippen LogP contribution in [0.3, 0.4) is 0 Å². The predicted molar refractivity (Wildman–Crippen MR) is 96.4 cm³/mol. The highest BCUT2D eigenvalue weighted by atomic mass is 16.1. The molecule has 124 valence electrons. The lowest BCUT2D eigenvalue weighted by molar-refractivity contribution is 0.104. The number of H-pyrrole nitrogens is 1. The van der Waals surface area contributed by atoms with E-state index >= 15 is 0 Å². The van der Waals surface area contributed by atoms with Crippen molar-refractivity contribution >= 4 is 28.8 Å². The number of hydrogen-bond acceptors (Lipinski definition) is 5. The zero-order chi connectivity index (χ0) is 17.7. The van der Waals surface area contributed by atoms with E-state index in [9.17, 15) is 9.59 Å². The van der Waals surface area contributed by atoms with Crippen LogP contribution in [0.2, 0.25) is 0 Å². The van der Waals surface area contributed by atoms with Gasteiger partial charge in [0.05, 0.1) is 11.3 Å². The third kappa shape index (κ3) is 1.99. The van der Waals surface area contributed by atoms with E-state index in [-0.39, 0.29) is 11.6 Å². The highest BCUT2D eigenvalue weighted by Gasteiger charge is 2.35. The Balaban J connectivity index is 1.74. The number of aromatic amines is 1. The molecule has 2 aliphatic carbocycles. The second kappa shape index (κ2) is 5.35. The molecule has 0 fully saturated rings. The molecule has 0 saturated heterocycles. The monoisotopic (exact) mass is 340 g/mol. The van der Waals surface area contributed by atoms with Crippen molar-refractivity contribution in [1.29, 1.82) is 0 Å². The number of ketones is 2. The van der Waals surface area contributed by atoms with E-state index in [1.54, 1.807) is 12.1 Å². The molecular formula is C20H12N4O2. The Morgan fingerprint density at radius 1 is 0.846 bits per heavy atom. The van der Waals surface area contributed by atoms with E-state index < -0.39 is 0 Å². The minimum Gasteiger partial charge on any atom is -0.323 e. The third-order valence-corrected chi connectivity index (χ3v) is 4.60. The van der Waals surface area contributed by atoms with Crippen LogP contribution >= 0.6 is 0 Å². The molecule has 2 N–H and O–H groups in total. The van der Waals surface area contributed by atoms with E-state index in [0.717, 1.165) is 11.1 Å². The lowest BCUT2D eigenvalue weighted by Gasteiger charge is -2.10. The standard InChI is InChI=1S/C20H12N4O2/c25-16-9-15(11-5-1-2-6-12(11)16)17-18(23-20-21-10-22-24-20)13-7-3-4-8-14(13)19(17)26/h1-10H,(H2,21,22,23,24). The van der Waals surface area contributed by atoms with Crippen LogP contribution < -0.4 is 5.32 Å². The summed E-state index contributed by atoms with van der Waals surface area (Å²) in [5, 5.41) is 9.74. The van der Waals surface area contributed by atoms with Gasteiger partial charge in [0.1, 0.15) is 6.33 Å². The molecule has 0 radical (unpaired) electrons. The highest BCUT2D eigenvalue weighted by Crippen LogP contribution is 2.42. The average Bonchev–Trinajstić information content (AvgIpc) is 3.36. The largest absolute Gasteiger partial charge is 0.323 e. The van der Waals surface area contributed by atoms with Crippen molar-refractivity contribution in [2.24, 2.45) is 0 Å². The maximum atomic E-state index is 13.1. The van der Waals surface area contributed by atoms with Crippen LogP contribution in [0.15, 0.2) is 66.5 Å². The molecule has 0 bridgehead atoms.